The van der Waals surface area contributed by atoms with Gasteiger partial charge in [0, 0.05) is 38.3 Å². The van der Waals surface area contributed by atoms with Crippen LogP contribution in [0.1, 0.15) is 43.0 Å². The maximum Gasteiger partial charge on any atom is 0.260 e. The van der Waals surface area contributed by atoms with E-state index in [2.05, 4.69) is 5.32 Å². The number of amides is 2. The second-order valence-electron chi connectivity index (χ2n) is 7.39. The SMILES string of the molecule is CCOc1cc(C(=O)N(C)C2CCNC2)ccc1OCC(=O)N1CCCCC1.Cl. The first-order valence-corrected chi connectivity index (χ1v) is 10.3. The van der Waals surface area contributed by atoms with Gasteiger partial charge in [0.1, 0.15) is 0 Å². The van der Waals surface area contributed by atoms with E-state index in [-0.39, 0.29) is 36.9 Å². The highest BCUT2D eigenvalue weighted by Gasteiger charge is 2.25. The molecule has 1 atom stereocenters. The number of likely N-dealkylation sites (N-methyl/N-ethyl adjacent to an activating group) is 1. The van der Waals surface area contributed by atoms with Gasteiger partial charge in [0.25, 0.3) is 11.8 Å². The molecule has 2 aliphatic rings. The molecule has 0 saturated carbocycles. The van der Waals surface area contributed by atoms with Crippen molar-refractivity contribution in [1.29, 1.82) is 0 Å². The molecule has 162 valence electrons. The minimum absolute atomic E-state index is 0. The molecular weight excluding hydrogens is 394 g/mol. The zero-order valence-electron chi connectivity index (χ0n) is 17.3. The van der Waals surface area contributed by atoms with Crippen LogP contribution in [0, 0.1) is 0 Å². The van der Waals surface area contributed by atoms with Crippen molar-refractivity contribution in [1.82, 2.24) is 15.1 Å². The van der Waals surface area contributed by atoms with Gasteiger partial charge in [-0.1, -0.05) is 0 Å². The number of ether oxygens (including phenoxy) is 2. The van der Waals surface area contributed by atoms with Crippen LogP contribution in [0.4, 0.5) is 0 Å². The van der Waals surface area contributed by atoms with Crippen LogP contribution >= 0.6 is 12.4 Å². The molecule has 1 N–H and O–H groups in total. The van der Waals surface area contributed by atoms with E-state index in [1.54, 1.807) is 23.1 Å². The van der Waals surface area contributed by atoms with E-state index in [0.29, 0.717) is 23.7 Å². The van der Waals surface area contributed by atoms with Gasteiger partial charge < -0.3 is 24.6 Å². The van der Waals surface area contributed by atoms with Gasteiger partial charge in [0.15, 0.2) is 18.1 Å². The summed E-state index contributed by atoms with van der Waals surface area (Å²) in [5, 5.41) is 3.28. The third-order valence-electron chi connectivity index (χ3n) is 5.45. The number of piperidine rings is 1. The summed E-state index contributed by atoms with van der Waals surface area (Å²) >= 11 is 0. The maximum atomic E-state index is 12.8. The van der Waals surface area contributed by atoms with Gasteiger partial charge in [-0.05, 0) is 57.4 Å². The first kappa shape index (κ1) is 23.3. The van der Waals surface area contributed by atoms with E-state index < -0.39 is 0 Å². The highest BCUT2D eigenvalue weighted by Crippen LogP contribution is 2.29. The van der Waals surface area contributed by atoms with E-state index in [0.717, 1.165) is 45.4 Å². The number of rotatable bonds is 7. The van der Waals surface area contributed by atoms with Crippen LogP contribution in [0.2, 0.25) is 0 Å². The van der Waals surface area contributed by atoms with Gasteiger partial charge in [0.05, 0.1) is 6.61 Å². The molecule has 2 aliphatic heterocycles. The van der Waals surface area contributed by atoms with E-state index in [1.165, 1.54) is 6.42 Å². The summed E-state index contributed by atoms with van der Waals surface area (Å²) in [7, 11) is 1.84. The van der Waals surface area contributed by atoms with Crippen LogP contribution < -0.4 is 14.8 Å². The minimum Gasteiger partial charge on any atom is -0.490 e. The van der Waals surface area contributed by atoms with Crippen LogP contribution in [0.25, 0.3) is 0 Å². The molecule has 2 amide bonds. The van der Waals surface area contributed by atoms with Crippen molar-refractivity contribution in [3.8, 4) is 11.5 Å². The topological polar surface area (TPSA) is 71.1 Å². The molecule has 2 heterocycles. The fourth-order valence-corrected chi connectivity index (χ4v) is 3.74. The molecule has 29 heavy (non-hydrogen) atoms. The molecule has 0 spiro atoms. The zero-order valence-corrected chi connectivity index (χ0v) is 18.1. The quantitative estimate of drug-likeness (QED) is 0.726. The Kier molecular flexibility index (Phi) is 9.04. The number of benzene rings is 1. The number of halogens is 1. The van der Waals surface area contributed by atoms with Crippen LogP contribution in [-0.4, -0.2) is 74.1 Å². The molecule has 7 nitrogen and oxygen atoms in total. The van der Waals surface area contributed by atoms with Gasteiger partial charge in [-0.3, -0.25) is 9.59 Å². The Morgan fingerprint density at radius 3 is 2.59 bits per heavy atom. The summed E-state index contributed by atoms with van der Waals surface area (Å²) in [4.78, 5) is 28.8. The third kappa shape index (κ3) is 6.00. The average molecular weight is 426 g/mol. The molecule has 2 saturated heterocycles. The van der Waals surface area contributed by atoms with E-state index >= 15 is 0 Å². The molecule has 8 heteroatoms. The molecule has 1 aromatic rings. The van der Waals surface area contributed by atoms with Gasteiger partial charge in [-0.25, -0.2) is 0 Å². The molecule has 0 aliphatic carbocycles. The van der Waals surface area contributed by atoms with Crippen molar-refractivity contribution >= 4 is 24.2 Å². The predicted molar refractivity (Wildman–Crippen MR) is 114 cm³/mol. The van der Waals surface area contributed by atoms with Gasteiger partial charge in [-0.15, -0.1) is 12.4 Å². The summed E-state index contributed by atoms with van der Waals surface area (Å²) < 4.78 is 11.4. The Morgan fingerprint density at radius 1 is 1.17 bits per heavy atom. The summed E-state index contributed by atoms with van der Waals surface area (Å²) in [6.45, 7) is 5.68. The second kappa shape index (κ2) is 11.3. The summed E-state index contributed by atoms with van der Waals surface area (Å²) in [5.74, 6) is 0.952. The van der Waals surface area contributed by atoms with Crippen LogP contribution in [0.3, 0.4) is 0 Å². The van der Waals surface area contributed by atoms with Crippen molar-refractivity contribution in [2.45, 2.75) is 38.6 Å². The number of likely N-dealkylation sites (tertiary alicyclic amines) is 1. The van der Waals surface area contributed by atoms with Crippen molar-refractivity contribution < 1.29 is 19.1 Å². The Labute approximate surface area is 179 Å². The predicted octanol–water partition coefficient (Wildman–Crippen LogP) is 2.33. The molecule has 2 fully saturated rings. The highest BCUT2D eigenvalue weighted by molar-refractivity contribution is 5.95. The van der Waals surface area contributed by atoms with Crippen LogP contribution in [-0.2, 0) is 4.79 Å². The number of hydrogen-bond acceptors (Lipinski definition) is 5. The number of carbonyl (C=O) groups is 2. The lowest BCUT2D eigenvalue weighted by Crippen LogP contribution is -2.38. The van der Waals surface area contributed by atoms with Crippen molar-refractivity contribution in [2.75, 3.05) is 46.4 Å². The van der Waals surface area contributed by atoms with Crippen molar-refractivity contribution in [2.24, 2.45) is 0 Å². The van der Waals surface area contributed by atoms with E-state index in [1.807, 2.05) is 18.9 Å². The Morgan fingerprint density at radius 2 is 1.93 bits per heavy atom. The molecule has 0 aromatic heterocycles. The molecule has 1 aromatic carbocycles. The van der Waals surface area contributed by atoms with Crippen LogP contribution in [0.5, 0.6) is 11.5 Å². The second-order valence-corrected chi connectivity index (χ2v) is 7.39. The van der Waals surface area contributed by atoms with E-state index in [9.17, 15) is 9.59 Å². The van der Waals surface area contributed by atoms with Crippen LogP contribution in [0.15, 0.2) is 18.2 Å². The van der Waals surface area contributed by atoms with Crippen molar-refractivity contribution in [3.63, 3.8) is 0 Å². The Hall–Kier alpha value is -1.99. The number of nitrogens with zero attached hydrogens (tertiary/aromatic N) is 2. The summed E-state index contributed by atoms with van der Waals surface area (Å²) in [5.41, 5.74) is 0.563. The molecule has 0 bridgehead atoms. The van der Waals surface area contributed by atoms with Gasteiger partial charge in [-0.2, -0.15) is 0 Å². The minimum atomic E-state index is -0.0365. The Balaban J connectivity index is 0.00000300. The molecular formula is C21H32ClN3O4. The first-order valence-electron chi connectivity index (χ1n) is 10.3. The standard InChI is InChI=1S/C21H31N3O4.ClH/c1-3-27-19-13-16(21(26)23(2)17-9-10-22-14-17)7-8-18(19)28-15-20(25)24-11-5-4-6-12-24;/h7-8,13,17,22H,3-6,9-12,14-15H2,1-2H3;1H. The lowest BCUT2D eigenvalue weighted by atomic mass is 10.1. The highest BCUT2D eigenvalue weighted by atomic mass is 35.5. The van der Waals surface area contributed by atoms with Crippen molar-refractivity contribution in [3.05, 3.63) is 23.8 Å². The smallest absolute Gasteiger partial charge is 0.260 e. The van der Waals surface area contributed by atoms with Gasteiger partial charge >= 0.3 is 0 Å². The molecule has 3 rings (SSSR count). The molecule has 0 radical (unpaired) electrons. The number of nitrogens with one attached hydrogen (secondary N) is 1. The normalized spacial score (nSPS) is 18.7. The average Bonchev–Trinajstić information content (AvgIpc) is 3.27. The van der Waals surface area contributed by atoms with E-state index in [4.69, 9.17) is 9.47 Å². The fourth-order valence-electron chi connectivity index (χ4n) is 3.74. The molecule has 1 unspecified atom stereocenters. The lowest BCUT2D eigenvalue weighted by Gasteiger charge is -2.27. The largest absolute Gasteiger partial charge is 0.490 e. The third-order valence-corrected chi connectivity index (χ3v) is 5.45. The van der Waals surface area contributed by atoms with Gasteiger partial charge in [0.2, 0.25) is 0 Å². The lowest BCUT2D eigenvalue weighted by molar-refractivity contribution is -0.134. The number of hydrogen-bond donors (Lipinski definition) is 1. The fraction of sp³-hybridized carbons (Fsp3) is 0.619. The zero-order chi connectivity index (χ0) is 19.9. The summed E-state index contributed by atoms with van der Waals surface area (Å²) in [6, 6.07) is 5.39. The number of carbonyl (C=O) groups excluding carboxylic acids is 2. The monoisotopic (exact) mass is 425 g/mol. The summed E-state index contributed by atoms with van der Waals surface area (Å²) in [6.07, 6.45) is 4.24. The Bertz CT molecular complexity index is 689. The first-order chi connectivity index (χ1) is 13.6. The maximum absolute atomic E-state index is 12.8.